The van der Waals surface area contributed by atoms with Gasteiger partial charge in [0.15, 0.2) is 0 Å². The van der Waals surface area contributed by atoms with E-state index in [1.54, 1.807) is 0 Å². The molecule has 1 aliphatic heterocycles. The Labute approximate surface area is 166 Å². The zero-order valence-electron chi connectivity index (χ0n) is 15.9. The fourth-order valence-electron chi connectivity index (χ4n) is 3.28. The predicted octanol–water partition coefficient (Wildman–Crippen LogP) is 4.42. The van der Waals surface area contributed by atoms with E-state index in [-0.39, 0.29) is 0 Å². The van der Waals surface area contributed by atoms with Crippen LogP contribution >= 0.6 is 0 Å². The van der Waals surface area contributed by atoms with Crippen LogP contribution in [0.15, 0.2) is 90.0 Å². The normalized spacial score (nSPS) is 14.4. The Morgan fingerprint density at radius 1 is 0.786 bits per heavy atom. The minimum absolute atomic E-state index is 0.572. The van der Waals surface area contributed by atoms with Gasteiger partial charge in [-0.05, 0) is 35.4 Å². The number of hydrogen-bond donors (Lipinski definition) is 0. The van der Waals surface area contributed by atoms with Crippen LogP contribution in [-0.4, -0.2) is 37.4 Å². The van der Waals surface area contributed by atoms with Crippen molar-refractivity contribution in [1.82, 2.24) is 5.01 Å². The molecule has 1 saturated heterocycles. The molecule has 3 aromatic carbocycles. The molecule has 28 heavy (non-hydrogen) atoms. The van der Waals surface area contributed by atoms with Crippen molar-refractivity contribution < 1.29 is 4.74 Å². The molecule has 0 bridgehead atoms. The fraction of sp³-hybridized carbons (Fsp3) is 0.208. The number of hydrazone groups is 1. The lowest BCUT2D eigenvalue weighted by molar-refractivity contribution is 0.272. The second kappa shape index (κ2) is 9.09. The van der Waals surface area contributed by atoms with E-state index in [1.807, 2.05) is 42.6 Å². The van der Waals surface area contributed by atoms with Crippen LogP contribution in [0.1, 0.15) is 11.1 Å². The highest BCUT2D eigenvalue weighted by Gasteiger charge is 2.15. The van der Waals surface area contributed by atoms with E-state index in [0.717, 1.165) is 43.1 Å². The van der Waals surface area contributed by atoms with Crippen molar-refractivity contribution in [3.8, 4) is 5.75 Å². The third kappa shape index (κ3) is 4.92. The van der Waals surface area contributed by atoms with Gasteiger partial charge in [-0.1, -0.05) is 60.7 Å². The Balaban J connectivity index is 1.30. The maximum Gasteiger partial charge on any atom is 0.120 e. The van der Waals surface area contributed by atoms with Gasteiger partial charge in [0.25, 0.3) is 0 Å². The quantitative estimate of drug-likeness (QED) is 0.601. The zero-order chi connectivity index (χ0) is 19.0. The van der Waals surface area contributed by atoms with Gasteiger partial charge in [-0.2, -0.15) is 5.10 Å². The monoisotopic (exact) mass is 371 g/mol. The lowest BCUT2D eigenvalue weighted by Gasteiger charge is -2.34. The average Bonchev–Trinajstić information content (AvgIpc) is 2.78. The van der Waals surface area contributed by atoms with E-state index in [4.69, 9.17) is 4.74 Å². The van der Waals surface area contributed by atoms with Gasteiger partial charge < -0.3 is 9.64 Å². The summed E-state index contributed by atoms with van der Waals surface area (Å²) in [4.78, 5) is 2.41. The molecule has 0 amide bonds. The van der Waals surface area contributed by atoms with Gasteiger partial charge >= 0.3 is 0 Å². The molecule has 142 valence electrons. The van der Waals surface area contributed by atoms with Crippen molar-refractivity contribution in [2.45, 2.75) is 6.61 Å². The largest absolute Gasteiger partial charge is 0.489 e. The van der Waals surface area contributed by atoms with Crippen LogP contribution in [0.2, 0.25) is 0 Å². The van der Waals surface area contributed by atoms with E-state index in [2.05, 4.69) is 63.5 Å². The predicted molar refractivity (Wildman–Crippen MR) is 115 cm³/mol. The summed E-state index contributed by atoms with van der Waals surface area (Å²) in [6.07, 6.45) is 1.92. The second-order valence-corrected chi connectivity index (χ2v) is 6.87. The first-order chi connectivity index (χ1) is 13.9. The molecule has 4 nitrogen and oxygen atoms in total. The van der Waals surface area contributed by atoms with Crippen molar-refractivity contribution >= 4 is 11.9 Å². The van der Waals surface area contributed by atoms with Gasteiger partial charge in [-0.25, -0.2) is 0 Å². The summed E-state index contributed by atoms with van der Waals surface area (Å²) in [5.74, 6) is 0.863. The summed E-state index contributed by atoms with van der Waals surface area (Å²) in [5, 5.41) is 6.80. The van der Waals surface area contributed by atoms with Crippen LogP contribution in [0.25, 0.3) is 0 Å². The number of rotatable bonds is 6. The minimum atomic E-state index is 0.572. The van der Waals surface area contributed by atoms with Gasteiger partial charge in [0.05, 0.1) is 19.3 Å². The molecule has 0 unspecified atom stereocenters. The van der Waals surface area contributed by atoms with Crippen LogP contribution in [0.3, 0.4) is 0 Å². The van der Waals surface area contributed by atoms with Crippen LogP contribution in [0.4, 0.5) is 5.69 Å². The molecule has 0 aromatic heterocycles. The number of nitrogens with zero attached hydrogens (tertiary/aromatic N) is 3. The lowest BCUT2D eigenvalue weighted by Crippen LogP contribution is -2.44. The summed E-state index contributed by atoms with van der Waals surface area (Å²) in [6, 6.07) is 28.9. The third-order valence-electron chi connectivity index (χ3n) is 4.85. The molecule has 3 aromatic rings. The highest BCUT2D eigenvalue weighted by molar-refractivity contribution is 5.80. The second-order valence-electron chi connectivity index (χ2n) is 6.87. The van der Waals surface area contributed by atoms with Crippen molar-refractivity contribution in [3.05, 3.63) is 96.1 Å². The van der Waals surface area contributed by atoms with Gasteiger partial charge in [0.1, 0.15) is 12.4 Å². The third-order valence-corrected chi connectivity index (χ3v) is 4.85. The Hall–Kier alpha value is -3.27. The van der Waals surface area contributed by atoms with Gasteiger partial charge in [-0.15, -0.1) is 0 Å². The molecule has 0 radical (unpaired) electrons. The summed E-state index contributed by atoms with van der Waals surface area (Å²) in [7, 11) is 0. The maximum atomic E-state index is 5.91. The van der Waals surface area contributed by atoms with Crippen molar-refractivity contribution in [1.29, 1.82) is 0 Å². The summed E-state index contributed by atoms with van der Waals surface area (Å²) >= 11 is 0. The Morgan fingerprint density at radius 2 is 1.50 bits per heavy atom. The molecular weight excluding hydrogens is 346 g/mol. The molecule has 4 rings (SSSR count). The topological polar surface area (TPSA) is 28.1 Å². The van der Waals surface area contributed by atoms with E-state index < -0.39 is 0 Å². The molecule has 4 heteroatoms. The highest BCUT2D eigenvalue weighted by atomic mass is 16.5. The number of anilines is 1. The summed E-state index contributed by atoms with van der Waals surface area (Å²) in [5.41, 5.74) is 3.50. The van der Waals surface area contributed by atoms with E-state index in [9.17, 15) is 0 Å². The minimum Gasteiger partial charge on any atom is -0.489 e. The standard InChI is InChI=1S/C24H25N3O/c1-3-8-21(9-4-1)20-28-24-13-7-10-22(18-24)19-25-27-16-14-26(15-17-27)23-11-5-2-6-12-23/h1-13,18-19H,14-17,20H2/b25-19-. The Bertz CT molecular complexity index is 888. The first kappa shape index (κ1) is 18.1. The Morgan fingerprint density at radius 3 is 2.25 bits per heavy atom. The van der Waals surface area contributed by atoms with E-state index in [1.165, 1.54) is 5.69 Å². The molecular formula is C24H25N3O. The number of piperazine rings is 1. The number of benzene rings is 3. The Kier molecular flexibility index (Phi) is 5.88. The first-order valence-corrected chi connectivity index (χ1v) is 9.72. The first-order valence-electron chi connectivity index (χ1n) is 9.72. The molecule has 0 saturated carbocycles. The number of para-hydroxylation sites is 1. The van der Waals surface area contributed by atoms with Gasteiger partial charge in [0, 0.05) is 18.8 Å². The number of ether oxygens (including phenoxy) is 1. The molecule has 0 N–H and O–H groups in total. The molecule has 0 spiro atoms. The maximum absolute atomic E-state index is 5.91. The summed E-state index contributed by atoms with van der Waals surface area (Å²) in [6.45, 7) is 4.40. The van der Waals surface area contributed by atoms with E-state index in [0.29, 0.717) is 6.61 Å². The lowest BCUT2D eigenvalue weighted by atomic mass is 10.2. The SMILES string of the molecule is C(=N/N1CCN(c2ccccc2)CC1)/c1cccc(OCc2ccccc2)c1. The molecule has 1 aliphatic rings. The molecule has 1 heterocycles. The molecule has 1 fully saturated rings. The fourth-order valence-corrected chi connectivity index (χ4v) is 3.28. The van der Waals surface area contributed by atoms with Crippen molar-refractivity contribution in [2.24, 2.45) is 5.10 Å². The number of hydrogen-bond acceptors (Lipinski definition) is 4. The molecule has 0 atom stereocenters. The van der Waals surface area contributed by atoms with Crippen LogP contribution in [-0.2, 0) is 6.61 Å². The molecule has 0 aliphatic carbocycles. The van der Waals surface area contributed by atoms with Gasteiger partial charge in [-0.3, -0.25) is 5.01 Å². The van der Waals surface area contributed by atoms with Crippen molar-refractivity contribution in [3.63, 3.8) is 0 Å². The van der Waals surface area contributed by atoms with Gasteiger partial charge in [0.2, 0.25) is 0 Å². The highest BCUT2D eigenvalue weighted by Crippen LogP contribution is 2.17. The van der Waals surface area contributed by atoms with Crippen LogP contribution in [0.5, 0.6) is 5.75 Å². The van der Waals surface area contributed by atoms with Crippen LogP contribution < -0.4 is 9.64 Å². The smallest absolute Gasteiger partial charge is 0.120 e. The zero-order valence-corrected chi connectivity index (χ0v) is 15.9. The van der Waals surface area contributed by atoms with Crippen molar-refractivity contribution in [2.75, 3.05) is 31.1 Å². The summed E-state index contributed by atoms with van der Waals surface area (Å²) < 4.78 is 5.91. The average molecular weight is 371 g/mol. The van der Waals surface area contributed by atoms with E-state index >= 15 is 0 Å². The van der Waals surface area contributed by atoms with Crippen LogP contribution in [0, 0.1) is 0 Å².